The second-order valence-electron chi connectivity index (χ2n) is 12.8. The smallest absolute Gasteiger partial charge is 0.188 e. The van der Waals surface area contributed by atoms with Crippen LogP contribution in [0.2, 0.25) is 0 Å². The summed E-state index contributed by atoms with van der Waals surface area (Å²) in [6.45, 7) is 4.21. The first-order valence-corrected chi connectivity index (χ1v) is 16.9. The summed E-state index contributed by atoms with van der Waals surface area (Å²) in [4.78, 5) is 64.2. The third kappa shape index (κ3) is 3.87. The van der Waals surface area contributed by atoms with Crippen LogP contribution < -0.4 is 0 Å². The largest absolute Gasteiger partial charge is 0.292 e. The van der Waals surface area contributed by atoms with Gasteiger partial charge in [0, 0.05) is 45.3 Å². The van der Waals surface area contributed by atoms with Gasteiger partial charge >= 0.3 is 0 Å². The SMILES string of the molecule is CC1=CC2c3sc(N=C4C(=O)C5CCCCC5C4=O)cc3C(C)=CC2c2sc(N=C3C(=O)C4CCCCC4C3=O)cc21. The summed E-state index contributed by atoms with van der Waals surface area (Å²) in [5.41, 5.74) is 4.86. The van der Waals surface area contributed by atoms with Gasteiger partial charge in [0.2, 0.25) is 0 Å². The lowest BCUT2D eigenvalue weighted by atomic mass is 9.75. The van der Waals surface area contributed by atoms with E-state index >= 15 is 0 Å². The summed E-state index contributed by atoms with van der Waals surface area (Å²) >= 11 is 3.16. The molecule has 6 nitrogen and oxygen atoms in total. The molecule has 0 radical (unpaired) electrons. The summed E-state index contributed by atoms with van der Waals surface area (Å²) in [6.07, 6.45) is 11.8. The topological polar surface area (TPSA) is 93.0 Å². The van der Waals surface area contributed by atoms with Gasteiger partial charge in [0.1, 0.15) is 10.0 Å². The van der Waals surface area contributed by atoms with Gasteiger partial charge in [0.25, 0.3) is 0 Å². The van der Waals surface area contributed by atoms with Crippen molar-refractivity contribution >= 4 is 78.4 Å². The van der Waals surface area contributed by atoms with Crippen LogP contribution in [0.25, 0.3) is 11.1 Å². The minimum Gasteiger partial charge on any atom is -0.292 e. The van der Waals surface area contributed by atoms with Crippen molar-refractivity contribution in [3.63, 3.8) is 0 Å². The number of ketones is 4. The van der Waals surface area contributed by atoms with Gasteiger partial charge in [-0.2, -0.15) is 0 Å². The molecule has 0 N–H and O–H groups in total. The van der Waals surface area contributed by atoms with Gasteiger partial charge in [-0.1, -0.05) is 37.8 Å². The summed E-state index contributed by atoms with van der Waals surface area (Å²) in [7, 11) is 0. The van der Waals surface area contributed by atoms with Crippen molar-refractivity contribution < 1.29 is 19.2 Å². The second-order valence-corrected chi connectivity index (χ2v) is 15.0. The monoisotopic (exact) mass is 596 g/mol. The van der Waals surface area contributed by atoms with Crippen molar-refractivity contribution in [1.29, 1.82) is 0 Å². The van der Waals surface area contributed by atoms with Crippen LogP contribution in [0.1, 0.15) is 97.9 Å². The van der Waals surface area contributed by atoms with Gasteiger partial charge in [-0.25, -0.2) is 9.98 Å². The van der Waals surface area contributed by atoms with Crippen molar-refractivity contribution in [3.8, 4) is 0 Å². The highest BCUT2D eigenvalue weighted by Crippen LogP contribution is 2.56. The first-order valence-electron chi connectivity index (χ1n) is 15.3. The Labute approximate surface area is 252 Å². The molecule has 214 valence electrons. The zero-order chi connectivity index (χ0) is 28.9. The van der Waals surface area contributed by atoms with Gasteiger partial charge in [0.15, 0.2) is 34.6 Å². The Morgan fingerprint density at radius 3 is 1.24 bits per heavy atom. The highest BCUT2D eigenvalue weighted by atomic mass is 32.1. The maximum absolute atomic E-state index is 13.1. The predicted molar refractivity (Wildman–Crippen MR) is 167 cm³/mol. The average molecular weight is 597 g/mol. The maximum Gasteiger partial charge on any atom is 0.188 e. The van der Waals surface area contributed by atoms with Crippen LogP contribution >= 0.6 is 22.7 Å². The van der Waals surface area contributed by atoms with E-state index in [1.54, 1.807) is 22.7 Å². The van der Waals surface area contributed by atoms with Crippen molar-refractivity contribution in [3.05, 3.63) is 45.2 Å². The van der Waals surface area contributed by atoms with Crippen molar-refractivity contribution in [1.82, 2.24) is 0 Å². The average Bonchev–Trinajstić information content (AvgIpc) is 3.73. The molecule has 2 aromatic heterocycles. The van der Waals surface area contributed by atoms with Crippen molar-refractivity contribution in [2.45, 2.75) is 77.0 Å². The summed E-state index contributed by atoms with van der Waals surface area (Å²) < 4.78 is 0. The van der Waals surface area contributed by atoms with Gasteiger partial charge in [-0.05, 0) is 73.9 Å². The maximum atomic E-state index is 13.1. The Kier molecular flexibility index (Phi) is 6.13. The number of hydrogen-bond acceptors (Lipinski definition) is 8. The van der Waals surface area contributed by atoms with Crippen molar-refractivity contribution in [2.75, 3.05) is 0 Å². The van der Waals surface area contributed by atoms with E-state index in [1.807, 2.05) is 12.1 Å². The number of nitrogens with zero attached hydrogens (tertiary/aromatic N) is 2. The highest BCUT2D eigenvalue weighted by molar-refractivity contribution is 7.17. The molecule has 8 heteroatoms. The molecule has 2 aromatic rings. The Morgan fingerprint density at radius 2 is 0.905 bits per heavy atom. The number of allylic oxidation sites excluding steroid dienone is 4. The van der Waals surface area contributed by atoms with Crippen LogP contribution in [0.4, 0.5) is 10.0 Å². The molecule has 2 heterocycles. The van der Waals surface area contributed by atoms with E-state index in [9.17, 15) is 19.2 Å². The molecule has 42 heavy (non-hydrogen) atoms. The quantitative estimate of drug-likeness (QED) is 0.357. The van der Waals surface area contributed by atoms with Gasteiger partial charge in [0.05, 0.1) is 0 Å². The van der Waals surface area contributed by atoms with Gasteiger partial charge in [-0.3, -0.25) is 19.2 Å². The third-order valence-electron chi connectivity index (χ3n) is 10.5. The van der Waals surface area contributed by atoms with Crippen LogP contribution in [-0.4, -0.2) is 34.6 Å². The normalized spacial score (nSPS) is 31.7. The second kappa shape index (κ2) is 9.71. The summed E-state index contributed by atoms with van der Waals surface area (Å²) in [5.74, 6) is -0.737. The zero-order valence-electron chi connectivity index (χ0n) is 23.8. The van der Waals surface area contributed by atoms with E-state index in [0.717, 1.165) is 83.6 Å². The fourth-order valence-corrected chi connectivity index (χ4v) is 10.8. The lowest BCUT2D eigenvalue weighted by Gasteiger charge is -2.31. The molecule has 0 aliphatic heterocycles. The van der Waals surface area contributed by atoms with Crippen LogP contribution in [0.3, 0.4) is 0 Å². The predicted octanol–water partition coefficient (Wildman–Crippen LogP) is 7.57. The molecule has 8 rings (SSSR count). The fourth-order valence-electron chi connectivity index (χ4n) is 8.31. The first-order chi connectivity index (χ1) is 20.3. The molecule has 6 aliphatic rings. The molecule has 6 unspecified atom stereocenters. The van der Waals surface area contributed by atoms with Crippen LogP contribution in [-0.2, 0) is 19.2 Å². The number of carbonyl (C=O) groups is 4. The van der Waals surface area contributed by atoms with E-state index < -0.39 is 0 Å². The molecule has 4 saturated carbocycles. The number of fused-ring (bicyclic) bond motifs is 7. The lowest BCUT2D eigenvalue weighted by Crippen LogP contribution is -2.21. The third-order valence-corrected chi connectivity index (χ3v) is 12.7. The van der Waals surface area contributed by atoms with E-state index in [0.29, 0.717) is 0 Å². The molecular weight excluding hydrogens is 565 g/mol. The molecule has 6 atom stereocenters. The molecule has 6 aliphatic carbocycles. The highest BCUT2D eigenvalue weighted by Gasteiger charge is 2.49. The van der Waals surface area contributed by atoms with Gasteiger partial charge in [-0.15, -0.1) is 22.7 Å². The number of carbonyl (C=O) groups excluding carboxylic acids is 4. The summed E-state index contributed by atoms with van der Waals surface area (Å²) in [5, 5.41) is 1.44. The van der Waals surface area contributed by atoms with E-state index in [4.69, 9.17) is 9.98 Å². The first kappa shape index (κ1) is 26.5. The standard InChI is InChI=1S/C34H32N2O4S2/c1-15-11-23-24(33-21(15)13-25(41-33)35-27-29(37)17-7-3-4-8-18(17)30(27)38)12-16(2)22-14-26(42-34(22)23)36-28-31(39)19-9-5-6-10-20(19)32(28)40/h11-14,17-20,23-24H,3-10H2,1-2H3. The molecule has 0 amide bonds. The molecule has 0 bridgehead atoms. The molecule has 0 aromatic carbocycles. The zero-order valence-corrected chi connectivity index (χ0v) is 25.4. The molecule has 0 saturated heterocycles. The van der Waals surface area contributed by atoms with Gasteiger partial charge < -0.3 is 0 Å². The van der Waals surface area contributed by atoms with Crippen LogP contribution in [0.15, 0.2) is 34.3 Å². The van der Waals surface area contributed by atoms with E-state index in [2.05, 4.69) is 26.0 Å². The number of aliphatic imine (C=N–C) groups is 2. The Bertz CT molecular complexity index is 1550. The van der Waals surface area contributed by atoms with E-state index in [-0.39, 0.29) is 70.1 Å². The van der Waals surface area contributed by atoms with E-state index in [1.165, 1.54) is 9.75 Å². The molecular formula is C34H32N2O4S2. The minimum absolute atomic E-state index is 0.0644. The van der Waals surface area contributed by atoms with Crippen molar-refractivity contribution in [2.24, 2.45) is 33.7 Å². The lowest BCUT2D eigenvalue weighted by molar-refractivity contribution is -0.120. The fraction of sp³-hybridized carbons (Fsp3) is 0.471. The number of thiophene rings is 2. The number of hydrogen-bond donors (Lipinski definition) is 0. The summed E-state index contributed by atoms with van der Waals surface area (Å²) in [6, 6.07) is 4.08. The Hall–Kier alpha value is -3.10. The molecule has 4 fully saturated rings. The number of rotatable bonds is 2. The van der Waals surface area contributed by atoms with Crippen LogP contribution in [0.5, 0.6) is 0 Å². The van der Waals surface area contributed by atoms with Crippen LogP contribution in [0, 0.1) is 23.7 Å². The molecule has 0 spiro atoms. The minimum atomic E-state index is -0.177. The Balaban J connectivity index is 1.13. The Morgan fingerprint density at radius 1 is 0.571 bits per heavy atom. The number of Topliss-reactive ketones (excluding diaryl/α,β-unsaturated/α-hetero) is 4.